The van der Waals surface area contributed by atoms with Crippen molar-refractivity contribution < 1.29 is 22.7 Å². The zero-order valence-corrected chi connectivity index (χ0v) is 21.9. The number of hydrogen-bond acceptors (Lipinski definition) is 6. The van der Waals surface area contributed by atoms with Gasteiger partial charge >= 0.3 is 0 Å². The standard InChI is InChI=1S/C26H27ClN4O5S/c1-19(2)29-26(33)18-36-21-14-12-20(13-15-21)16-28-30-25(32)17-31(24-11-7-6-10-23(24)27)37(34,35)22-8-4-3-5-9-22/h3-16,19H,17-18H2,1-2H3,(H,29,33)(H,30,32)/b28-16-. The first-order valence-electron chi connectivity index (χ1n) is 11.3. The number of hydrogen-bond donors (Lipinski definition) is 2. The van der Waals surface area contributed by atoms with Crippen molar-refractivity contribution in [2.75, 3.05) is 17.5 Å². The number of halogens is 1. The number of para-hydroxylation sites is 1. The van der Waals surface area contributed by atoms with Crippen LogP contribution in [0, 0.1) is 0 Å². The van der Waals surface area contributed by atoms with Crippen LogP contribution in [-0.4, -0.2) is 45.6 Å². The summed E-state index contributed by atoms with van der Waals surface area (Å²) < 4.78 is 33.0. The van der Waals surface area contributed by atoms with E-state index in [1.807, 2.05) is 13.8 Å². The fourth-order valence-electron chi connectivity index (χ4n) is 3.18. The molecule has 0 aliphatic heterocycles. The summed E-state index contributed by atoms with van der Waals surface area (Å²) in [6.07, 6.45) is 1.40. The lowest BCUT2D eigenvalue weighted by atomic mass is 10.2. The lowest BCUT2D eigenvalue weighted by Gasteiger charge is -2.24. The van der Waals surface area contributed by atoms with Crippen molar-refractivity contribution in [1.82, 2.24) is 10.7 Å². The van der Waals surface area contributed by atoms with Gasteiger partial charge in [-0.3, -0.25) is 13.9 Å². The van der Waals surface area contributed by atoms with Gasteiger partial charge in [0.05, 0.1) is 21.8 Å². The van der Waals surface area contributed by atoms with Crippen LogP contribution < -0.4 is 19.8 Å². The maximum Gasteiger partial charge on any atom is 0.264 e. The van der Waals surface area contributed by atoms with Gasteiger partial charge in [0.25, 0.3) is 21.8 Å². The van der Waals surface area contributed by atoms with E-state index < -0.39 is 22.5 Å². The molecule has 0 aliphatic rings. The Kier molecular flexibility index (Phi) is 9.64. The Bertz CT molecular complexity index is 1350. The quantitative estimate of drug-likeness (QED) is 0.284. The number of amides is 2. The van der Waals surface area contributed by atoms with Gasteiger partial charge in [0.15, 0.2) is 6.61 Å². The van der Waals surface area contributed by atoms with Gasteiger partial charge in [-0.05, 0) is 67.9 Å². The van der Waals surface area contributed by atoms with Gasteiger partial charge < -0.3 is 10.1 Å². The highest BCUT2D eigenvalue weighted by atomic mass is 35.5. The van der Waals surface area contributed by atoms with Crippen molar-refractivity contribution in [2.24, 2.45) is 5.10 Å². The van der Waals surface area contributed by atoms with Gasteiger partial charge in [0, 0.05) is 6.04 Å². The Balaban J connectivity index is 1.65. The molecule has 37 heavy (non-hydrogen) atoms. The molecular weight excluding hydrogens is 516 g/mol. The number of carbonyl (C=O) groups is 2. The number of benzene rings is 3. The van der Waals surface area contributed by atoms with Crippen molar-refractivity contribution in [2.45, 2.75) is 24.8 Å². The third kappa shape index (κ3) is 8.06. The normalized spacial score (nSPS) is 11.4. The molecule has 3 aromatic carbocycles. The van der Waals surface area contributed by atoms with Crippen molar-refractivity contribution in [1.29, 1.82) is 0 Å². The zero-order valence-electron chi connectivity index (χ0n) is 20.3. The summed E-state index contributed by atoms with van der Waals surface area (Å²) in [5.74, 6) is -0.378. The number of sulfonamides is 1. The largest absolute Gasteiger partial charge is 0.484 e. The van der Waals surface area contributed by atoms with Gasteiger partial charge in [-0.2, -0.15) is 5.10 Å². The second kappa shape index (κ2) is 12.9. The summed E-state index contributed by atoms with van der Waals surface area (Å²) in [6, 6.07) is 20.9. The van der Waals surface area contributed by atoms with E-state index in [9.17, 15) is 18.0 Å². The average Bonchev–Trinajstić information content (AvgIpc) is 2.87. The smallest absolute Gasteiger partial charge is 0.264 e. The number of hydrazone groups is 1. The number of nitrogens with zero attached hydrogens (tertiary/aromatic N) is 2. The number of carbonyl (C=O) groups excluding carboxylic acids is 2. The molecule has 0 bridgehead atoms. The molecule has 3 aromatic rings. The molecule has 2 amide bonds. The average molecular weight is 543 g/mol. The first kappa shape index (κ1) is 27.7. The molecule has 0 saturated carbocycles. The van der Waals surface area contributed by atoms with Crippen molar-refractivity contribution >= 4 is 45.3 Å². The van der Waals surface area contributed by atoms with Gasteiger partial charge in [-0.25, -0.2) is 13.8 Å². The van der Waals surface area contributed by atoms with E-state index in [4.69, 9.17) is 16.3 Å². The Morgan fingerprint density at radius 3 is 2.27 bits per heavy atom. The Morgan fingerprint density at radius 2 is 1.62 bits per heavy atom. The molecular formula is C26H27ClN4O5S. The highest BCUT2D eigenvalue weighted by molar-refractivity contribution is 7.92. The molecule has 0 heterocycles. The number of rotatable bonds is 11. The van der Waals surface area contributed by atoms with Crippen LogP contribution in [0.15, 0.2) is 88.9 Å². The lowest BCUT2D eigenvalue weighted by molar-refractivity contribution is -0.123. The predicted octanol–water partition coefficient (Wildman–Crippen LogP) is 3.59. The van der Waals surface area contributed by atoms with Gasteiger partial charge in [0.1, 0.15) is 12.3 Å². The van der Waals surface area contributed by atoms with Crippen LogP contribution in [0.4, 0.5) is 5.69 Å². The molecule has 0 atom stereocenters. The van der Waals surface area contributed by atoms with Crippen LogP contribution in [-0.2, 0) is 19.6 Å². The van der Waals surface area contributed by atoms with Crippen LogP contribution >= 0.6 is 11.6 Å². The maximum atomic E-state index is 13.3. The fraction of sp³-hybridized carbons (Fsp3) is 0.192. The number of nitrogens with one attached hydrogen (secondary N) is 2. The Labute approximate surface area is 221 Å². The zero-order chi connectivity index (χ0) is 26.8. The molecule has 9 nitrogen and oxygen atoms in total. The van der Waals surface area contributed by atoms with Crippen molar-refractivity contribution in [3.05, 3.63) is 89.4 Å². The first-order chi connectivity index (χ1) is 17.7. The third-order valence-electron chi connectivity index (χ3n) is 4.84. The summed E-state index contributed by atoms with van der Waals surface area (Å²) in [5, 5.41) is 6.84. The molecule has 0 fully saturated rings. The SMILES string of the molecule is CC(C)NC(=O)COc1ccc(/C=N\NC(=O)CN(c2ccccc2Cl)S(=O)(=O)c2ccccc2)cc1. The van der Waals surface area contributed by atoms with E-state index in [1.165, 1.54) is 24.4 Å². The predicted molar refractivity (Wildman–Crippen MR) is 143 cm³/mol. The first-order valence-corrected chi connectivity index (χ1v) is 13.1. The summed E-state index contributed by atoms with van der Waals surface area (Å²) in [4.78, 5) is 24.4. The molecule has 2 N–H and O–H groups in total. The van der Waals surface area contributed by atoms with E-state index >= 15 is 0 Å². The van der Waals surface area contributed by atoms with Crippen molar-refractivity contribution in [3.63, 3.8) is 0 Å². The molecule has 0 spiro atoms. The second-order valence-electron chi connectivity index (χ2n) is 8.15. The fourth-order valence-corrected chi connectivity index (χ4v) is 4.93. The summed E-state index contributed by atoms with van der Waals surface area (Å²) in [5.41, 5.74) is 3.17. The van der Waals surface area contributed by atoms with E-state index in [1.54, 1.807) is 60.7 Å². The molecule has 0 saturated heterocycles. The van der Waals surface area contributed by atoms with Gasteiger partial charge in [0.2, 0.25) is 0 Å². The number of ether oxygens (including phenoxy) is 1. The minimum Gasteiger partial charge on any atom is -0.484 e. The molecule has 194 valence electrons. The minimum atomic E-state index is -4.08. The van der Waals surface area contributed by atoms with Crippen LogP contribution in [0.2, 0.25) is 5.02 Å². The number of anilines is 1. The van der Waals surface area contributed by atoms with Crippen LogP contribution in [0.25, 0.3) is 0 Å². The molecule has 0 aromatic heterocycles. The highest BCUT2D eigenvalue weighted by Gasteiger charge is 2.28. The second-order valence-corrected chi connectivity index (χ2v) is 10.4. The van der Waals surface area contributed by atoms with Crippen molar-refractivity contribution in [3.8, 4) is 5.75 Å². The monoisotopic (exact) mass is 542 g/mol. The van der Waals surface area contributed by atoms with E-state index in [2.05, 4.69) is 15.8 Å². The van der Waals surface area contributed by atoms with Gasteiger partial charge in [-0.15, -0.1) is 0 Å². The molecule has 11 heteroatoms. The maximum absolute atomic E-state index is 13.3. The van der Waals surface area contributed by atoms with E-state index in [0.717, 1.165) is 4.31 Å². The Hall–Kier alpha value is -3.89. The minimum absolute atomic E-state index is 0.0233. The Morgan fingerprint density at radius 1 is 0.973 bits per heavy atom. The molecule has 3 rings (SSSR count). The van der Waals surface area contributed by atoms with Gasteiger partial charge in [-0.1, -0.05) is 41.9 Å². The summed E-state index contributed by atoms with van der Waals surface area (Å²) in [7, 11) is -4.08. The van der Waals surface area contributed by atoms with Crippen LogP contribution in [0.1, 0.15) is 19.4 Å². The molecule has 0 aliphatic carbocycles. The summed E-state index contributed by atoms with van der Waals surface area (Å²) >= 11 is 6.25. The van der Waals surface area contributed by atoms with Crippen LogP contribution in [0.5, 0.6) is 5.75 Å². The van der Waals surface area contributed by atoms with E-state index in [0.29, 0.717) is 11.3 Å². The van der Waals surface area contributed by atoms with E-state index in [-0.39, 0.29) is 34.2 Å². The topological polar surface area (TPSA) is 117 Å². The summed E-state index contributed by atoms with van der Waals surface area (Å²) in [6.45, 7) is 3.09. The lowest BCUT2D eigenvalue weighted by Crippen LogP contribution is -2.39. The third-order valence-corrected chi connectivity index (χ3v) is 6.94. The van der Waals surface area contributed by atoms with Crippen LogP contribution in [0.3, 0.4) is 0 Å². The molecule has 0 radical (unpaired) electrons. The molecule has 0 unspecified atom stereocenters. The highest BCUT2D eigenvalue weighted by Crippen LogP contribution is 2.30.